The standard InChI is InChI=1S/C24H29ClN2O2/c1-2-22(24(29)26-20-13-7-8-14-20)27(17-19-12-6-9-15-21(19)25)23(28)16-18-10-4-3-5-11-18/h3-6,9-12,15,20,22H,2,7-8,13-14,16-17H2,1H3,(H,26,29)/t22-/m1/s1. The number of halogens is 1. The maximum Gasteiger partial charge on any atom is 0.243 e. The molecule has 0 unspecified atom stereocenters. The molecule has 0 spiro atoms. The van der Waals surface area contributed by atoms with Crippen molar-refractivity contribution in [3.8, 4) is 0 Å². The van der Waals surface area contributed by atoms with E-state index in [1.165, 1.54) is 0 Å². The van der Waals surface area contributed by atoms with Crippen LogP contribution in [0.1, 0.15) is 50.2 Å². The monoisotopic (exact) mass is 412 g/mol. The fourth-order valence-electron chi connectivity index (χ4n) is 3.97. The molecule has 0 bridgehead atoms. The van der Waals surface area contributed by atoms with Gasteiger partial charge in [0.15, 0.2) is 0 Å². The SMILES string of the molecule is CC[C@H](C(=O)NC1CCCC1)N(Cc1ccccc1Cl)C(=O)Cc1ccccc1. The van der Waals surface area contributed by atoms with E-state index >= 15 is 0 Å². The van der Waals surface area contributed by atoms with Crippen molar-refractivity contribution in [2.75, 3.05) is 0 Å². The highest BCUT2D eigenvalue weighted by Crippen LogP contribution is 2.22. The lowest BCUT2D eigenvalue weighted by Crippen LogP contribution is -2.51. The summed E-state index contributed by atoms with van der Waals surface area (Å²) < 4.78 is 0. The lowest BCUT2D eigenvalue weighted by atomic mass is 10.1. The first-order chi connectivity index (χ1) is 14.1. The number of hydrogen-bond acceptors (Lipinski definition) is 2. The molecule has 1 saturated carbocycles. The highest BCUT2D eigenvalue weighted by atomic mass is 35.5. The fraction of sp³-hybridized carbons (Fsp3) is 0.417. The van der Waals surface area contributed by atoms with Crippen LogP contribution in [0.5, 0.6) is 0 Å². The molecule has 0 heterocycles. The molecule has 5 heteroatoms. The van der Waals surface area contributed by atoms with Crippen LogP contribution >= 0.6 is 11.6 Å². The summed E-state index contributed by atoms with van der Waals surface area (Å²) >= 11 is 6.36. The van der Waals surface area contributed by atoms with Crippen molar-refractivity contribution in [2.24, 2.45) is 0 Å². The highest BCUT2D eigenvalue weighted by Gasteiger charge is 2.30. The van der Waals surface area contributed by atoms with Crippen LogP contribution in [0.3, 0.4) is 0 Å². The second kappa shape index (κ2) is 10.4. The smallest absolute Gasteiger partial charge is 0.243 e. The van der Waals surface area contributed by atoms with Crippen LogP contribution in [0.4, 0.5) is 0 Å². The van der Waals surface area contributed by atoms with Gasteiger partial charge in [0.05, 0.1) is 6.42 Å². The van der Waals surface area contributed by atoms with Gasteiger partial charge in [0.2, 0.25) is 11.8 Å². The lowest BCUT2D eigenvalue weighted by Gasteiger charge is -2.32. The van der Waals surface area contributed by atoms with E-state index in [-0.39, 0.29) is 24.3 Å². The topological polar surface area (TPSA) is 49.4 Å². The first-order valence-electron chi connectivity index (χ1n) is 10.5. The Morgan fingerprint density at radius 2 is 1.72 bits per heavy atom. The maximum absolute atomic E-state index is 13.3. The third kappa shape index (κ3) is 5.83. The minimum Gasteiger partial charge on any atom is -0.352 e. The Balaban J connectivity index is 1.82. The Morgan fingerprint density at radius 1 is 1.07 bits per heavy atom. The Hall–Kier alpha value is -2.33. The van der Waals surface area contributed by atoms with Crippen molar-refractivity contribution in [1.82, 2.24) is 10.2 Å². The van der Waals surface area contributed by atoms with Crippen molar-refractivity contribution in [2.45, 2.75) is 64.1 Å². The molecule has 1 N–H and O–H groups in total. The van der Waals surface area contributed by atoms with E-state index in [1.54, 1.807) is 4.90 Å². The quantitative estimate of drug-likeness (QED) is 0.680. The molecule has 29 heavy (non-hydrogen) atoms. The molecule has 2 amide bonds. The summed E-state index contributed by atoms with van der Waals surface area (Å²) in [6, 6.07) is 16.9. The van der Waals surface area contributed by atoms with Gasteiger partial charge in [-0.05, 0) is 36.5 Å². The summed E-state index contributed by atoms with van der Waals surface area (Å²) in [4.78, 5) is 28.0. The normalized spacial score (nSPS) is 15.1. The van der Waals surface area contributed by atoms with Gasteiger partial charge in [0, 0.05) is 17.6 Å². The molecule has 3 rings (SSSR count). The summed E-state index contributed by atoms with van der Waals surface area (Å²) in [5.41, 5.74) is 1.79. The van der Waals surface area contributed by atoms with E-state index in [2.05, 4.69) is 5.32 Å². The molecule has 1 aliphatic rings. The van der Waals surface area contributed by atoms with E-state index in [0.29, 0.717) is 18.0 Å². The van der Waals surface area contributed by atoms with Crippen molar-refractivity contribution in [3.63, 3.8) is 0 Å². The Bertz CT molecular complexity index is 819. The lowest BCUT2D eigenvalue weighted by molar-refractivity contribution is -0.141. The molecule has 0 aliphatic heterocycles. The minimum atomic E-state index is -0.511. The first-order valence-corrected chi connectivity index (χ1v) is 10.8. The third-order valence-corrected chi connectivity index (χ3v) is 5.95. The average Bonchev–Trinajstić information content (AvgIpc) is 3.23. The Morgan fingerprint density at radius 3 is 2.38 bits per heavy atom. The molecular weight excluding hydrogens is 384 g/mol. The molecular formula is C24H29ClN2O2. The fourth-order valence-corrected chi connectivity index (χ4v) is 4.16. The second-order valence-electron chi connectivity index (χ2n) is 7.69. The Labute approximate surface area is 178 Å². The van der Waals surface area contributed by atoms with Gasteiger partial charge in [-0.15, -0.1) is 0 Å². The predicted molar refractivity (Wildman–Crippen MR) is 117 cm³/mol. The van der Waals surface area contributed by atoms with Gasteiger partial charge in [0.1, 0.15) is 6.04 Å². The molecule has 0 radical (unpaired) electrons. The van der Waals surface area contributed by atoms with E-state index in [9.17, 15) is 9.59 Å². The first kappa shape index (κ1) is 21.4. The van der Waals surface area contributed by atoms with Gasteiger partial charge in [-0.25, -0.2) is 0 Å². The van der Waals surface area contributed by atoms with Crippen LogP contribution < -0.4 is 5.32 Å². The largest absolute Gasteiger partial charge is 0.352 e. The van der Waals surface area contributed by atoms with Gasteiger partial charge in [0.25, 0.3) is 0 Å². The Kier molecular flexibility index (Phi) is 7.70. The molecule has 2 aromatic carbocycles. The van der Waals surface area contributed by atoms with Crippen molar-refractivity contribution < 1.29 is 9.59 Å². The summed E-state index contributed by atoms with van der Waals surface area (Å²) in [5.74, 6) is -0.127. The summed E-state index contributed by atoms with van der Waals surface area (Å²) in [6.45, 7) is 2.27. The summed E-state index contributed by atoms with van der Waals surface area (Å²) in [5, 5.41) is 3.77. The van der Waals surface area contributed by atoms with Gasteiger partial charge in [-0.2, -0.15) is 0 Å². The maximum atomic E-state index is 13.3. The molecule has 1 aliphatic carbocycles. The molecule has 0 aromatic heterocycles. The molecule has 1 fully saturated rings. The van der Waals surface area contributed by atoms with Crippen molar-refractivity contribution in [1.29, 1.82) is 0 Å². The van der Waals surface area contributed by atoms with Crippen LogP contribution in [0.15, 0.2) is 54.6 Å². The minimum absolute atomic E-state index is 0.0622. The molecule has 2 aromatic rings. The number of rotatable bonds is 8. The van der Waals surface area contributed by atoms with Gasteiger partial charge in [-0.3, -0.25) is 9.59 Å². The number of nitrogens with zero attached hydrogens (tertiary/aromatic N) is 1. The highest BCUT2D eigenvalue weighted by molar-refractivity contribution is 6.31. The summed E-state index contributed by atoms with van der Waals surface area (Å²) in [6.07, 6.45) is 5.16. The number of carbonyl (C=O) groups excluding carboxylic acids is 2. The number of carbonyl (C=O) groups is 2. The van der Waals surface area contributed by atoms with Gasteiger partial charge >= 0.3 is 0 Å². The molecule has 1 atom stereocenters. The zero-order chi connectivity index (χ0) is 20.6. The second-order valence-corrected chi connectivity index (χ2v) is 8.10. The van der Waals surface area contributed by atoms with E-state index in [1.807, 2.05) is 61.5 Å². The third-order valence-electron chi connectivity index (χ3n) is 5.58. The van der Waals surface area contributed by atoms with Gasteiger partial charge in [-0.1, -0.05) is 79.9 Å². The van der Waals surface area contributed by atoms with Crippen LogP contribution in [-0.4, -0.2) is 28.8 Å². The summed E-state index contributed by atoms with van der Waals surface area (Å²) in [7, 11) is 0. The van der Waals surface area contributed by atoms with E-state index in [0.717, 1.165) is 36.8 Å². The molecule has 154 valence electrons. The van der Waals surface area contributed by atoms with Crippen LogP contribution in [-0.2, 0) is 22.6 Å². The van der Waals surface area contributed by atoms with Crippen LogP contribution in [0, 0.1) is 0 Å². The van der Waals surface area contributed by atoms with Crippen molar-refractivity contribution >= 4 is 23.4 Å². The number of nitrogens with one attached hydrogen (secondary N) is 1. The van der Waals surface area contributed by atoms with E-state index < -0.39 is 6.04 Å². The van der Waals surface area contributed by atoms with E-state index in [4.69, 9.17) is 11.6 Å². The van der Waals surface area contributed by atoms with Crippen molar-refractivity contribution in [3.05, 3.63) is 70.7 Å². The zero-order valence-corrected chi connectivity index (χ0v) is 17.7. The number of hydrogen-bond donors (Lipinski definition) is 1. The number of amides is 2. The average molecular weight is 413 g/mol. The molecule has 4 nitrogen and oxygen atoms in total. The predicted octanol–water partition coefficient (Wildman–Crippen LogP) is 4.75. The molecule has 0 saturated heterocycles. The van der Waals surface area contributed by atoms with Crippen LogP contribution in [0.2, 0.25) is 5.02 Å². The van der Waals surface area contributed by atoms with Crippen LogP contribution in [0.25, 0.3) is 0 Å². The number of benzene rings is 2. The van der Waals surface area contributed by atoms with Gasteiger partial charge < -0.3 is 10.2 Å². The zero-order valence-electron chi connectivity index (χ0n) is 16.9.